The summed E-state index contributed by atoms with van der Waals surface area (Å²) in [5.41, 5.74) is 1.34. The summed E-state index contributed by atoms with van der Waals surface area (Å²) in [5.74, 6) is 0.145. The Hall–Kier alpha value is -2.06. The SMILES string of the molecule is COc1ccc(Br)c(Nc2ccc(C#N)c(F)c2)c1. The molecule has 2 rings (SSSR count). The Labute approximate surface area is 118 Å². The summed E-state index contributed by atoms with van der Waals surface area (Å²) in [4.78, 5) is 0. The molecule has 1 N–H and O–H groups in total. The van der Waals surface area contributed by atoms with Crippen molar-refractivity contribution in [3.63, 3.8) is 0 Å². The molecule has 96 valence electrons. The van der Waals surface area contributed by atoms with Crippen molar-refractivity contribution >= 4 is 27.3 Å². The van der Waals surface area contributed by atoms with Crippen LogP contribution in [0.5, 0.6) is 5.75 Å². The largest absolute Gasteiger partial charge is 0.497 e. The second kappa shape index (κ2) is 5.72. The third-order valence-electron chi connectivity index (χ3n) is 2.54. The van der Waals surface area contributed by atoms with Crippen LogP contribution in [0.1, 0.15) is 5.56 Å². The lowest BCUT2D eigenvalue weighted by molar-refractivity contribution is 0.415. The summed E-state index contributed by atoms with van der Waals surface area (Å²) in [6.07, 6.45) is 0. The molecule has 0 aliphatic heterocycles. The van der Waals surface area contributed by atoms with Gasteiger partial charge in [0.15, 0.2) is 0 Å². The number of benzene rings is 2. The van der Waals surface area contributed by atoms with Gasteiger partial charge in [0, 0.05) is 16.2 Å². The van der Waals surface area contributed by atoms with Crippen LogP contribution in [0.15, 0.2) is 40.9 Å². The summed E-state index contributed by atoms with van der Waals surface area (Å²) >= 11 is 3.40. The molecule has 5 heteroatoms. The minimum Gasteiger partial charge on any atom is -0.497 e. The van der Waals surface area contributed by atoms with Gasteiger partial charge in [0.25, 0.3) is 0 Å². The average molecular weight is 321 g/mol. The lowest BCUT2D eigenvalue weighted by Gasteiger charge is -2.10. The van der Waals surface area contributed by atoms with E-state index in [4.69, 9.17) is 10.00 Å². The zero-order valence-corrected chi connectivity index (χ0v) is 11.7. The van der Waals surface area contributed by atoms with Gasteiger partial charge in [-0.05, 0) is 46.3 Å². The van der Waals surface area contributed by atoms with Crippen molar-refractivity contribution in [1.29, 1.82) is 5.26 Å². The van der Waals surface area contributed by atoms with Crippen molar-refractivity contribution in [1.82, 2.24) is 0 Å². The van der Waals surface area contributed by atoms with E-state index in [2.05, 4.69) is 21.2 Å². The van der Waals surface area contributed by atoms with E-state index in [1.807, 2.05) is 12.1 Å². The Morgan fingerprint density at radius 2 is 2.05 bits per heavy atom. The van der Waals surface area contributed by atoms with Gasteiger partial charge in [-0.1, -0.05) is 0 Å². The Balaban J connectivity index is 2.31. The molecule has 0 bridgehead atoms. The second-order valence-corrected chi connectivity index (χ2v) is 4.63. The lowest BCUT2D eigenvalue weighted by atomic mass is 10.2. The molecule has 3 nitrogen and oxygen atoms in total. The zero-order chi connectivity index (χ0) is 13.8. The molecule has 0 aromatic heterocycles. The normalized spacial score (nSPS) is 9.79. The number of nitrogens with one attached hydrogen (secondary N) is 1. The quantitative estimate of drug-likeness (QED) is 0.921. The van der Waals surface area contributed by atoms with Crippen LogP contribution < -0.4 is 10.1 Å². The van der Waals surface area contributed by atoms with Crippen LogP contribution in [-0.4, -0.2) is 7.11 Å². The number of ether oxygens (including phenoxy) is 1. The van der Waals surface area contributed by atoms with Gasteiger partial charge in [-0.25, -0.2) is 4.39 Å². The topological polar surface area (TPSA) is 45.0 Å². The molecule has 0 spiro atoms. The van der Waals surface area contributed by atoms with Crippen molar-refractivity contribution in [2.75, 3.05) is 12.4 Å². The van der Waals surface area contributed by atoms with Crippen molar-refractivity contribution in [3.05, 3.63) is 52.3 Å². The summed E-state index contributed by atoms with van der Waals surface area (Å²) in [6.45, 7) is 0. The summed E-state index contributed by atoms with van der Waals surface area (Å²) in [7, 11) is 1.58. The summed E-state index contributed by atoms with van der Waals surface area (Å²) < 4.78 is 19.5. The fourth-order valence-electron chi connectivity index (χ4n) is 1.57. The van der Waals surface area contributed by atoms with E-state index < -0.39 is 5.82 Å². The van der Waals surface area contributed by atoms with E-state index in [1.165, 1.54) is 12.1 Å². The molecular formula is C14H10BrFN2O. The highest BCUT2D eigenvalue weighted by Crippen LogP contribution is 2.30. The maximum atomic E-state index is 13.5. The summed E-state index contributed by atoms with van der Waals surface area (Å²) in [6, 6.07) is 11.6. The van der Waals surface area contributed by atoms with Crippen LogP contribution >= 0.6 is 15.9 Å². The van der Waals surface area contributed by atoms with Crippen LogP contribution in [0.25, 0.3) is 0 Å². The first-order valence-electron chi connectivity index (χ1n) is 5.44. The maximum Gasteiger partial charge on any atom is 0.143 e. The molecule has 0 fully saturated rings. The highest BCUT2D eigenvalue weighted by molar-refractivity contribution is 9.10. The molecule has 0 saturated heterocycles. The Morgan fingerprint density at radius 1 is 1.26 bits per heavy atom. The maximum absolute atomic E-state index is 13.5. The third kappa shape index (κ3) is 3.04. The average Bonchev–Trinajstić information content (AvgIpc) is 2.41. The van der Waals surface area contributed by atoms with E-state index in [-0.39, 0.29) is 5.56 Å². The fraction of sp³-hybridized carbons (Fsp3) is 0.0714. The minimum absolute atomic E-state index is 0.0234. The van der Waals surface area contributed by atoms with Gasteiger partial charge in [-0.2, -0.15) is 5.26 Å². The van der Waals surface area contributed by atoms with Gasteiger partial charge in [0.05, 0.1) is 18.4 Å². The Morgan fingerprint density at radius 3 is 2.68 bits per heavy atom. The molecule has 0 radical (unpaired) electrons. The van der Waals surface area contributed by atoms with E-state index in [0.717, 1.165) is 10.2 Å². The number of hydrogen-bond acceptors (Lipinski definition) is 3. The number of hydrogen-bond donors (Lipinski definition) is 1. The Bertz CT molecular complexity index is 652. The molecule has 2 aromatic rings. The number of nitrogens with zero attached hydrogens (tertiary/aromatic N) is 1. The molecule has 19 heavy (non-hydrogen) atoms. The van der Waals surface area contributed by atoms with Crippen LogP contribution in [0, 0.1) is 17.1 Å². The van der Waals surface area contributed by atoms with Crippen LogP contribution in [0.3, 0.4) is 0 Å². The number of anilines is 2. The number of methoxy groups -OCH3 is 1. The number of rotatable bonds is 3. The lowest BCUT2D eigenvalue weighted by Crippen LogP contribution is -1.94. The first-order valence-corrected chi connectivity index (χ1v) is 6.23. The van der Waals surface area contributed by atoms with Crippen LogP contribution in [-0.2, 0) is 0 Å². The van der Waals surface area contributed by atoms with Crippen LogP contribution in [0.2, 0.25) is 0 Å². The van der Waals surface area contributed by atoms with Gasteiger partial charge in [0.1, 0.15) is 17.6 Å². The monoisotopic (exact) mass is 320 g/mol. The van der Waals surface area contributed by atoms with Crippen molar-refractivity contribution < 1.29 is 9.13 Å². The summed E-state index contributed by atoms with van der Waals surface area (Å²) in [5, 5.41) is 11.7. The Kier molecular flexibility index (Phi) is 4.03. The molecule has 0 atom stereocenters. The number of nitriles is 1. The molecule has 0 aliphatic carbocycles. The number of halogens is 2. The molecule has 0 unspecified atom stereocenters. The molecule has 0 aliphatic rings. The van der Waals surface area contributed by atoms with E-state index in [0.29, 0.717) is 11.4 Å². The molecular weight excluding hydrogens is 311 g/mol. The van der Waals surface area contributed by atoms with Crippen LogP contribution in [0.4, 0.5) is 15.8 Å². The van der Waals surface area contributed by atoms with E-state index in [9.17, 15) is 4.39 Å². The molecule has 0 heterocycles. The second-order valence-electron chi connectivity index (χ2n) is 3.78. The predicted octanol–water partition coefficient (Wildman–Crippen LogP) is 4.21. The molecule has 0 amide bonds. The van der Waals surface area contributed by atoms with Crippen molar-refractivity contribution in [2.45, 2.75) is 0 Å². The highest BCUT2D eigenvalue weighted by Gasteiger charge is 2.06. The fourth-order valence-corrected chi connectivity index (χ4v) is 1.91. The first-order chi connectivity index (χ1) is 9.13. The molecule has 0 saturated carbocycles. The first kappa shape index (κ1) is 13.4. The van der Waals surface area contributed by atoms with Crippen molar-refractivity contribution in [2.24, 2.45) is 0 Å². The van der Waals surface area contributed by atoms with Gasteiger partial charge in [0.2, 0.25) is 0 Å². The standard InChI is InChI=1S/C14H10BrFN2O/c1-19-11-4-5-12(15)14(7-11)18-10-3-2-9(8-17)13(16)6-10/h2-7,18H,1H3. The van der Waals surface area contributed by atoms with Gasteiger partial charge >= 0.3 is 0 Å². The minimum atomic E-state index is -0.550. The van der Waals surface area contributed by atoms with E-state index in [1.54, 1.807) is 25.3 Å². The van der Waals surface area contributed by atoms with E-state index >= 15 is 0 Å². The zero-order valence-electron chi connectivity index (χ0n) is 10.1. The molecule has 2 aromatic carbocycles. The van der Waals surface area contributed by atoms with Gasteiger partial charge in [-0.3, -0.25) is 0 Å². The third-order valence-corrected chi connectivity index (χ3v) is 3.23. The van der Waals surface area contributed by atoms with Gasteiger partial charge < -0.3 is 10.1 Å². The predicted molar refractivity (Wildman–Crippen MR) is 75.1 cm³/mol. The highest BCUT2D eigenvalue weighted by atomic mass is 79.9. The van der Waals surface area contributed by atoms with Crippen molar-refractivity contribution in [3.8, 4) is 11.8 Å². The smallest absolute Gasteiger partial charge is 0.143 e. The van der Waals surface area contributed by atoms with Gasteiger partial charge in [-0.15, -0.1) is 0 Å².